The van der Waals surface area contributed by atoms with Gasteiger partial charge >= 0.3 is 14.2 Å². The maximum Gasteiger partial charge on any atom is 0.516 e. The van der Waals surface area contributed by atoms with Gasteiger partial charge in [-0.05, 0) is 55.4 Å². The van der Waals surface area contributed by atoms with Gasteiger partial charge in [0.25, 0.3) is 0 Å². The van der Waals surface area contributed by atoms with Gasteiger partial charge in [-0.25, -0.2) is 0 Å². The Hall–Kier alpha value is -0.950. The maximum absolute atomic E-state index is 5.99. The van der Waals surface area contributed by atoms with Crippen LogP contribution in [0.3, 0.4) is 0 Å². The van der Waals surface area contributed by atoms with E-state index < -0.39 is 36.6 Å². The molecule has 3 rings (SSSR count). The van der Waals surface area contributed by atoms with Crippen molar-refractivity contribution < 1.29 is 18.6 Å². The second-order valence-corrected chi connectivity index (χ2v) is 8.54. The van der Waals surface area contributed by atoms with Gasteiger partial charge in [0, 0.05) is 12.4 Å². The lowest BCUT2D eigenvalue weighted by molar-refractivity contribution is 0.00578. The Morgan fingerprint density at radius 3 is 1.04 bits per heavy atom. The Morgan fingerprint density at radius 2 is 0.833 bits per heavy atom. The highest BCUT2D eigenvalue weighted by atomic mass is 16.7. The Labute approximate surface area is 144 Å². The van der Waals surface area contributed by atoms with E-state index in [0.29, 0.717) is 11.2 Å². The van der Waals surface area contributed by atoms with Crippen LogP contribution in [-0.4, -0.2) is 46.6 Å². The summed E-state index contributed by atoms with van der Waals surface area (Å²) in [5.41, 5.74) is -0.302. The molecule has 0 spiro atoms. The summed E-state index contributed by atoms with van der Waals surface area (Å²) in [5.74, 6) is 0. The van der Waals surface area contributed by atoms with Gasteiger partial charge in [0.05, 0.1) is 33.6 Å². The molecule has 6 nitrogen and oxygen atoms in total. The van der Waals surface area contributed by atoms with Gasteiger partial charge in [0.15, 0.2) is 0 Å². The van der Waals surface area contributed by atoms with E-state index in [4.69, 9.17) is 18.6 Å². The minimum absolute atomic E-state index is 0.399. The van der Waals surface area contributed by atoms with Gasteiger partial charge < -0.3 is 18.6 Å². The van der Waals surface area contributed by atoms with Crippen molar-refractivity contribution in [1.29, 1.82) is 0 Å². The molecule has 2 aliphatic rings. The van der Waals surface area contributed by atoms with E-state index in [1.807, 2.05) is 55.4 Å². The molecule has 130 valence electrons. The molecule has 0 bridgehead atoms. The Morgan fingerprint density at radius 1 is 0.583 bits per heavy atom. The van der Waals surface area contributed by atoms with E-state index in [2.05, 4.69) is 9.97 Å². The molecule has 0 aliphatic carbocycles. The lowest BCUT2D eigenvalue weighted by Gasteiger charge is -2.32. The van der Waals surface area contributed by atoms with Gasteiger partial charge in [-0.15, -0.1) is 0 Å². The van der Waals surface area contributed by atoms with Crippen molar-refractivity contribution in [2.24, 2.45) is 0 Å². The van der Waals surface area contributed by atoms with Crippen molar-refractivity contribution in [3.63, 3.8) is 0 Å². The predicted octanol–water partition coefficient (Wildman–Crippen LogP) is 1.07. The highest BCUT2D eigenvalue weighted by molar-refractivity contribution is 6.62. The standard InChI is InChI=1S/C16H26B2N2O4/c1-13(2)14(3,4)22-17(21-13)11-9-20-12(10-19-11)18-23-15(5,6)16(7,8)24-18/h9-10H,1-8H3. The summed E-state index contributed by atoms with van der Waals surface area (Å²) in [6, 6.07) is 0. The Balaban J connectivity index is 1.76. The zero-order valence-electron chi connectivity index (χ0n) is 15.8. The minimum Gasteiger partial charge on any atom is -0.398 e. The smallest absolute Gasteiger partial charge is 0.398 e. The molecule has 2 saturated heterocycles. The van der Waals surface area contributed by atoms with Crippen LogP contribution in [0.15, 0.2) is 12.4 Å². The van der Waals surface area contributed by atoms with E-state index >= 15 is 0 Å². The average Bonchev–Trinajstić information content (AvgIpc) is 2.79. The fraction of sp³-hybridized carbons (Fsp3) is 0.750. The van der Waals surface area contributed by atoms with Crippen LogP contribution in [0.1, 0.15) is 55.4 Å². The van der Waals surface area contributed by atoms with Gasteiger partial charge in [0.2, 0.25) is 0 Å². The molecule has 0 aromatic carbocycles. The molecule has 2 aliphatic heterocycles. The number of nitrogens with zero attached hydrogens (tertiary/aromatic N) is 2. The van der Waals surface area contributed by atoms with E-state index in [0.717, 1.165) is 0 Å². The molecular weight excluding hydrogens is 306 g/mol. The predicted molar refractivity (Wildman–Crippen MR) is 93.5 cm³/mol. The third kappa shape index (κ3) is 2.79. The summed E-state index contributed by atoms with van der Waals surface area (Å²) in [5, 5.41) is 0. The molecule has 0 saturated carbocycles. The lowest BCUT2D eigenvalue weighted by Crippen LogP contribution is -2.42. The second-order valence-electron chi connectivity index (χ2n) is 8.54. The summed E-state index contributed by atoms with van der Waals surface area (Å²) >= 11 is 0. The van der Waals surface area contributed by atoms with Crippen LogP contribution in [0.4, 0.5) is 0 Å². The SMILES string of the molecule is CC1(C)OB(c2cnc(B3OC(C)(C)C(C)(C)O3)cn2)OC1(C)C. The summed E-state index contributed by atoms with van der Waals surface area (Å²) in [6.45, 7) is 16.1. The van der Waals surface area contributed by atoms with E-state index in [1.54, 1.807) is 12.4 Å². The fourth-order valence-corrected chi connectivity index (χ4v) is 2.52. The highest BCUT2D eigenvalue weighted by Gasteiger charge is 2.54. The normalized spacial score (nSPS) is 26.8. The zero-order valence-corrected chi connectivity index (χ0v) is 15.8. The number of aromatic nitrogens is 2. The van der Waals surface area contributed by atoms with Gasteiger partial charge in [-0.3, -0.25) is 9.97 Å². The third-order valence-corrected chi connectivity index (χ3v) is 5.68. The van der Waals surface area contributed by atoms with Crippen molar-refractivity contribution in [2.75, 3.05) is 0 Å². The quantitative estimate of drug-likeness (QED) is 0.755. The third-order valence-electron chi connectivity index (χ3n) is 5.68. The zero-order chi connectivity index (χ0) is 18.0. The molecule has 8 heteroatoms. The average molecular weight is 332 g/mol. The fourth-order valence-electron chi connectivity index (χ4n) is 2.52. The number of hydrogen-bond donors (Lipinski definition) is 0. The van der Waals surface area contributed by atoms with Crippen LogP contribution in [0.25, 0.3) is 0 Å². The Bertz CT molecular complexity index is 544. The van der Waals surface area contributed by atoms with Crippen molar-refractivity contribution in [2.45, 2.75) is 77.8 Å². The van der Waals surface area contributed by atoms with Gasteiger partial charge in [-0.2, -0.15) is 0 Å². The van der Waals surface area contributed by atoms with Crippen molar-refractivity contribution >= 4 is 25.4 Å². The first kappa shape index (κ1) is 17.9. The number of hydrogen-bond acceptors (Lipinski definition) is 6. The first-order chi connectivity index (χ1) is 10.8. The van der Waals surface area contributed by atoms with Gasteiger partial charge in [-0.1, -0.05) is 0 Å². The highest BCUT2D eigenvalue weighted by Crippen LogP contribution is 2.37. The lowest BCUT2D eigenvalue weighted by atomic mass is 9.82. The molecule has 3 heterocycles. The van der Waals surface area contributed by atoms with Crippen LogP contribution < -0.4 is 11.2 Å². The largest absolute Gasteiger partial charge is 0.516 e. The van der Waals surface area contributed by atoms with Gasteiger partial charge in [0.1, 0.15) is 0 Å². The number of rotatable bonds is 2. The topological polar surface area (TPSA) is 62.7 Å². The van der Waals surface area contributed by atoms with Crippen LogP contribution in [-0.2, 0) is 18.6 Å². The monoisotopic (exact) mass is 332 g/mol. The van der Waals surface area contributed by atoms with E-state index in [1.165, 1.54) is 0 Å². The molecule has 1 aromatic heterocycles. The molecule has 2 fully saturated rings. The molecular formula is C16H26B2N2O4. The van der Waals surface area contributed by atoms with Crippen LogP contribution in [0, 0.1) is 0 Å². The Kier molecular flexibility index (Phi) is 3.92. The molecule has 24 heavy (non-hydrogen) atoms. The van der Waals surface area contributed by atoms with Crippen molar-refractivity contribution in [3.05, 3.63) is 12.4 Å². The molecule has 0 N–H and O–H groups in total. The molecule has 0 amide bonds. The molecule has 0 atom stereocenters. The molecule has 1 aromatic rings. The van der Waals surface area contributed by atoms with Crippen LogP contribution in [0.2, 0.25) is 0 Å². The van der Waals surface area contributed by atoms with Crippen LogP contribution >= 0.6 is 0 Å². The van der Waals surface area contributed by atoms with E-state index in [-0.39, 0.29) is 0 Å². The van der Waals surface area contributed by atoms with Crippen molar-refractivity contribution in [3.8, 4) is 0 Å². The summed E-state index contributed by atoms with van der Waals surface area (Å²) in [7, 11) is -1.04. The van der Waals surface area contributed by atoms with Crippen molar-refractivity contribution in [1.82, 2.24) is 9.97 Å². The first-order valence-corrected chi connectivity index (χ1v) is 8.38. The first-order valence-electron chi connectivity index (χ1n) is 8.38. The minimum atomic E-state index is -0.519. The van der Waals surface area contributed by atoms with Crippen LogP contribution in [0.5, 0.6) is 0 Å². The summed E-state index contributed by atoms with van der Waals surface area (Å²) in [4.78, 5) is 8.92. The molecule has 0 radical (unpaired) electrons. The maximum atomic E-state index is 5.99. The summed E-state index contributed by atoms with van der Waals surface area (Å²) < 4.78 is 24.0. The second kappa shape index (κ2) is 5.27. The van der Waals surface area contributed by atoms with E-state index in [9.17, 15) is 0 Å². The summed E-state index contributed by atoms with van der Waals surface area (Å²) in [6.07, 6.45) is 3.34. The molecule has 0 unspecified atom stereocenters.